The number of aromatic nitrogens is 2. The standard InChI is InChI=1S/C15H10FN3S/c16-13-4-3-11(8-12(13)9-17)10-19-6-5-18-15(19)14-2-1-7-20-14/h1-8H,10H2. The summed E-state index contributed by atoms with van der Waals surface area (Å²) < 4.78 is 15.3. The van der Waals surface area contributed by atoms with Crippen molar-refractivity contribution in [2.75, 3.05) is 0 Å². The van der Waals surface area contributed by atoms with Crippen LogP contribution < -0.4 is 0 Å². The Hall–Kier alpha value is -2.45. The maximum absolute atomic E-state index is 13.3. The number of nitriles is 1. The molecule has 0 amide bonds. The number of thiophene rings is 1. The van der Waals surface area contributed by atoms with Crippen molar-refractivity contribution in [3.05, 3.63) is 65.0 Å². The van der Waals surface area contributed by atoms with Gasteiger partial charge in [0.2, 0.25) is 0 Å². The van der Waals surface area contributed by atoms with Crippen LogP contribution in [-0.2, 0) is 6.54 Å². The van der Waals surface area contributed by atoms with E-state index in [-0.39, 0.29) is 5.56 Å². The molecule has 0 aliphatic carbocycles. The van der Waals surface area contributed by atoms with Crippen LogP contribution in [0.4, 0.5) is 4.39 Å². The molecule has 2 aromatic heterocycles. The number of hydrogen-bond acceptors (Lipinski definition) is 3. The summed E-state index contributed by atoms with van der Waals surface area (Å²) in [6, 6.07) is 10.4. The van der Waals surface area contributed by atoms with Crippen LogP contribution in [0.5, 0.6) is 0 Å². The van der Waals surface area contributed by atoms with Crippen molar-refractivity contribution in [2.45, 2.75) is 6.54 Å². The molecule has 0 saturated heterocycles. The summed E-state index contributed by atoms with van der Waals surface area (Å²) in [6.07, 6.45) is 3.62. The molecule has 3 nitrogen and oxygen atoms in total. The number of nitrogens with zero attached hydrogens (tertiary/aromatic N) is 3. The van der Waals surface area contributed by atoms with Gasteiger partial charge in [0, 0.05) is 18.9 Å². The number of halogens is 1. The van der Waals surface area contributed by atoms with E-state index in [9.17, 15) is 4.39 Å². The van der Waals surface area contributed by atoms with Crippen molar-refractivity contribution in [1.29, 1.82) is 5.26 Å². The van der Waals surface area contributed by atoms with Crippen LogP contribution in [0.2, 0.25) is 0 Å². The Balaban J connectivity index is 1.93. The van der Waals surface area contributed by atoms with Gasteiger partial charge >= 0.3 is 0 Å². The SMILES string of the molecule is N#Cc1cc(Cn2ccnc2-c2cccs2)ccc1F. The van der Waals surface area contributed by atoms with Crippen LogP contribution in [0.1, 0.15) is 11.1 Å². The van der Waals surface area contributed by atoms with E-state index in [0.717, 1.165) is 16.3 Å². The minimum Gasteiger partial charge on any atom is -0.326 e. The van der Waals surface area contributed by atoms with Crippen molar-refractivity contribution in [3.8, 4) is 16.8 Å². The molecule has 3 aromatic rings. The summed E-state index contributed by atoms with van der Waals surface area (Å²) in [6.45, 7) is 0.558. The zero-order valence-corrected chi connectivity index (χ0v) is 11.3. The van der Waals surface area contributed by atoms with Crippen LogP contribution in [0.3, 0.4) is 0 Å². The maximum atomic E-state index is 13.3. The fraction of sp³-hybridized carbons (Fsp3) is 0.0667. The Morgan fingerprint density at radius 1 is 1.35 bits per heavy atom. The van der Waals surface area contributed by atoms with Crippen molar-refractivity contribution in [1.82, 2.24) is 9.55 Å². The predicted molar refractivity (Wildman–Crippen MR) is 75.8 cm³/mol. The quantitative estimate of drug-likeness (QED) is 0.736. The highest BCUT2D eigenvalue weighted by Gasteiger charge is 2.08. The molecule has 3 rings (SSSR count). The fourth-order valence-electron chi connectivity index (χ4n) is 2.02. The molecule has 0 aliphatic rings. The van der Waals surface area contributed by atoms with Gasteiger partial charge < -0.3 is 4.57 Å². The highest BCUT2D eigenvalue weighted by Crippen LogP contribution is 2.23. The van der Waals surface area contributed by atoms with Crippen molar-refractivity contribution in [2.24, 2.45) is 0 Å². The summed E-state index contributed by atoms with van der Waals surface area (Å²) in [5.41, 5.74) is 0.944. The van der Waals surface area contributed by atoms with E-state index >= 15 is 0 Å². The number of rotatable bonds is 3. The second-order valence-electron chi connectivity index (χ2n) is 4.28. The molecule has 0 saturated carbocycles. The zero-order valence-electron chi connectivity index (χ0n) is 10.5. The topological polar surface area (TPSA) is 41.6 Å². The van der Waals surface area contributed by atoms with Gasteiger partial charge in [0.15, 0.2) is 0 Å². The molecule has 0 fully saturated rings. The van der Waals surface area contributed by atoms with Crippen molar-refractivity contribution < 1.29 is 4.39 Å². The van der Waals surface area contributed by atoms with Gasteiger partial charge in [0.1, 0.15) is 17.7 Å². The first-order valence-corrected chi connectivity index (χ1v) is 6.89. The molecule has 0 bridgehead atoms. The van der Waals surface area contributed by atoms with E-state index in [2.05, 4.69) is 4.98 Å². The maximum Gasteiger partial charge on any atom is 0.150 e. The summed E-state index contributed by atoms with van der Waals surface area (Å²) >= 11 is 1.62. The molecular weight excluding hydrogens is 273 g/mol. The lowest BCUT2D eigenvalue weighted by atomic mass is 10.1. The normalized spacial score (nSPS) is 10.4. The van der Waals surface area contributed by atoms with E-state index in [1.165, 1.54) is 6.07 Å². The number of imidazole rings is 1. The molecule has 0 atom stereocenters. The average Bonchev–Trinajstić information content (AvgIpc) is 3.11. The third-order valence-electron chi connectivity index (χ3n) is 2.96. The van der Waals surface area contributed by atoms with Crippen molar-refractivity contribution in [3.63, 3.8) is 0 Å². The minimum absolute atomic E-state index is 0.0697. The number of benzene rings is 1. The fourth-order valence-corrected chi connectivity index (χ4v) is 2.76. The van der Waals surface area contributed by atoms with Gasteiger partial charge in [-0.3, -0.25) is 0 Å². The zero-order chi connectivity index (χ0) is 13.9. The highest BCUT2D eigenvalue weighted by atomic mass is 32.1. The molecule has 2 heterocycles. The van der Waals surface area contributed by atoms with E-state index in [4.69, 9.17) is 5.26 Å². The Morgan fingerprint density at radius 3 is 3.00 bits per heavy atom. The van der Waals surface area contributed by atoms with E-state index in [1.54, 1.807) is 29.7 Å². The van der Waals surface area contributed by atoms with Gasteiger partial charge in [0.25, 0.3) is 0 Å². The molecule has 0 N–H and O–H groups in total. The Labute approximate surface area is 119 Å². The molecule has 5 heteroatoms. The first-order chi connectivity index (χ1) is 9.78. The molecule has 0 spiro atoms. The second-order valence-corrected chi connectivity index (χ2v) is 5.23. The lowest BCUT2D eigenvalue weighted by Crippen LogP contribution is -2.01. The van der Waals surface area contributed by atoms with E-state index < -0.39 is 5.82 Å². The van der Waals surface area contributed by atoms with Crippen LogP contribution >= 0.6 is 11.3 Å². The van der Waals surface area contributed by atoms with Gasteiger partial charge in [-0.25, -0.2) is 9.37 Å². The van der Waals surface area contributed by atoms with Gasteiger partial charge in [0.05, 0.1) is 10.4 Å². The van der Waals surface area contributed by atoms with Gasteiger partial charge in [-0.05, 0) is 29.1 Å². The van der Waals surface area contributed by atoms with Crippen LogP contribution in [0.25, 0.3) is 10.7 Å². The van der Waals surface area contributed by atoms with Crippen LogP contribution in [0, 0.1) is 17.1 Å². The first-order valence-electron chi connectivity index (χ1n) is 6.01. The monoisotopic (exact) mass is 283 g/mol. The summed E-state index contributed by atoms with van der Waals surface area (Å²) in [4.78, 5) is 5.43. The Morgan fingerprint density at radius 2 is 2.25 bits per heavy atom. The summed E-state index contributed by atoms with van der Waals surface area (Å²) in [5, 5.41) is 10.9. The summed E-state index contributed by atoms with van der Waals surface area (Å²) in [7, 11) is 0. The third kappa shape index (κ3) is 2.33. The smallest absolute Gasteiger partial charge is 0.150 e. The lowest BCUT2D eigenvalue weighted by molar-refractivity contribution is 0.622. The Bertz CT molecular complexity index is 769. The molecule has 1 aromatic carbocycles. The minimum atomic E-state index is -0.486. The van der Waals surface area contributed by atoms with Crippen LogP contribution in [-0.4, -0.2) is 9.55 Å². The predicted octanol–water partition coefficient (Wildman–Crippen LogP) is 3.67. The van der Waals surface area contributed by atoms with Gasteiger partial charge in [-0.1, -0.05) is 12.1 Å². The van der Waals surface area contributed by atoms with Gasteiger partial charge in [-0.15, -0.1) is 11.3 Å². The second kappa shape index (κ2) is 5.27. The largest absolute Gasteiger partial charge is 0.326 e. The van der Waals surface area contributed by atoms with Gasteiger partial charge in [-0.2, -0.15) is 5.26 Å². The molecule has 0 unspecified atom stereocenters. The average molecular weight is 283 g/mol. The molecule has 0 radical (unpaired) electrons. The molecule has 98 valence electrons. The first kappa shape index (κ1) is 12.6. The molecule has 0 aliphatic heterocycles. The van der Waals surface area contributed by atoms with E-state index in [0.29, 0.717) is 6.54 Å². The Kier molecular flexibility index (Phi) is 3.32. The lowest BCUT2D eigenvalue weighted by Gasteiger charge is -2.07. The molecule has 20 heavy (non-hydrogen) atoms. The van der Waals surface area contributed by atoms with Crippen molar-refractivity contribution >= 4 is 11.3 Å². The third-order valence-corrected chi connectivity index (χ3v) is 3.83. The molecular formula is C15H10FN3S. The van der Waals surface area contributed by atoms with E-state index in [1.807, 2.05) is 34.3 Å². The highest BCUT2D eigenvalue weighted by molar-refractivity contribution is 7.13. The number of hydrogen-bond donors (Lipinski definition) is 0. The summed E-state index contributed by atoms with van der Waals surface area (Å²) in [5.74, 6) is 0.392. The van der Waals surface area contributed by atoms with Crippen LogP contribution in [0.15, 0.2) is 48.1 Å².